The van der Waals surface area contributed by atoms with Gasteiger partial charge >= 0.3 is 6.09 Å². The van der Waals surface area contributed by atoms with E-state index in [2.05, 4.69) is 5.32 Å². The zero-order chi connectivity index (χ0) is 13.3. The normalized spacial score (nSPS) is 25.8. The molecule has 1 aromatic rings. The molecule has 1 fully saturated rings. The number of halogens is 2. The predicted octanol–water partition coefficient (Wildman–Crippen LogP) is 1.48. The number of carboxylic acid groups (broad SMARTS) is 1. The van der Waals surface area contributed by atoms with E-state index in [0.717, 1.165) is 6.07 Å². The van der Waals surface area contributed by atoms with Gasteiger partial charge in [0, 0.05) is 24.6 Å². The monoisotopic (exact) mass is 257 g/mol. The molecule has 6 heteroatoms. The molecule has 98 valence electrons. The maximum Gasteiger partial charge on any atom is 0.404 e. The van der Waals surface area contributed by atoms with Gasteiger partial charge in [0.15, 0.2) is 0 Å². The number of hydrogen-bond acceptors (Lipinski definition) is 2. The zero-order valence-corrected chi connectivity index (χ0v) is 9.49. The van der Waals surface area contributed by atoms with Crippen molar-refractivity contribution in [2.24, 2.45) is 5.92 Å². The third kappa shape index (κ3) is 2.28. The van der Waals surface area contributed by atoms with Crippen molar-refractivity contribution in [1.29, 1.82) is 0 Å². The quantitative estimate of drug-likeness (QED) is 0.765. The van der Waals surface area contributed by atoms with Crippen molar-refractivity contribution in [2.45, 2.75) is 11.8 Å². The average Bonchev–Trinajstić information content (AvgIpc) is 3.00. The molecule has 2 atom stereocenters. The second kappa shape index (κ2) is 4.53. The summed E-state index contributed by atoms with van der Waals surface area (Å²) in [5.41, 5.74) is -0.316. The van der Waals surface area contributed by atoms with Gasteiger partial charge in [-0.25, -0.2) is 13.6 Å². The third-order valence-corrected chi connectivity index (χ3v) is 3.44. The first kappa shape index (κ1) is 12.8. The van der Waals surface area contributed by atoms with Gasteiger partial charge in [-0.05, 0) is 30.0 Å². The zero-order valence-electron chi connectivity index (χ0n) is 9.49. The van der Waals surface area contributed by atoms with Gasteiger partial charge in [-0.2, -0.15) is 0 Å². The van der Waals surface area contributed by atoms with Gasteiger partial charge in [0.05, 0.1) is 0 Å². The number of nitrogens with one attached hydrogen (secondary N) is 1. The molecule has 0 heterocycles. The molecule has 1 aliphatic rings. The SMILES string of the molecule is O=C(O)NCC1(c2cc(F)cc(F)c2)CC1CO. The molecule has 1 saturated carbocycles. The number of benzene rings is 1. The van der Waals surface area contributed by atoms with Crippen LogP contribution in [-0.4, -0.2) is 29.5 Å². The minimum atomic E-state index is -1.20. The van der Waals surface area contributed by atoms with Crippen molar-refractivity contribution in [3.8, 4) is 0 Å². The van der Waals surface area contributed by atoms with Crippen LogP contribution in [0.3, 0.4) is 0 Å². The number of aliphatic hydroxyl groups is 1. The van der Waals surface area contributed by atoms with Gasteiger partial charge in [0.25, 0.3) is 0 Å². The lowest BCUT2D eigenvalue weighted by atomic mass is 9.93. The molecule has 0 saturated heterocycles. The molecule has 1 aliphatic carbocycles. The molecule has 0 radical (unpaired) electrons. The first-order chi connectivity index (χ1) is 8.48. The van der Waals surface area contributed by atoms with Crippen LogP contribution in [0, 0.1) is 17.6 Å². The highest BCUT2D eigenvalue weighted by atomic mass is 19.1. The fraction of sp³-hybridized carbons (Fsp3) is 0.417. The molecule has 0 spiro atoms. The second-order valence-electron chi connectivity index (χ2n) is 4.56. The first-order valence-electron chi connectivity index (χ1n) is 5.52. The van der Waals surface area contributed by atoms with Gasteiger partial charge in [-0.3, -0.25) is 0 Å². The summed E-state index contributed by atoms with van der Waals surface area (Å²) in [6.45, 7) is -0.101. The molecule has 0 aliphatic heterocycles. The van der Waals surface area contributed by atoms with Crippen LogP contribution in [0.25, 0.3) is 0 Å². The number of hydrogen-bond donors (Lipinski definition) is 3. The lowest BCUT2D eigenvalue weighted by molar-refractivity contribution is 0.192. The summed E-state index contributed by atoms with van der Waals surface area (Å²) in [5, 5.41) is 20.0. The third-order valence-electron chi connectivity index (χ3n) is 3.44. The molecular formula is C12H13F2NO3. The highest BCUT2D eigenvalue weighted by Gasteiger charge is 2.55. The maximum atomic E-state index is 13.2. The summed E-state index contributed by atoms with van der Waals surface area (Å²) in [6.07, 6.45) is -0.693. The van der Waals surface area contributed by atoms with Crippen LogP contribution in [0.4, 0.5) is 13.6 Å². The fourth-order valence-corrected chi connectivity index (χ4v) is 2.37. The fourth-order valence-electron chi connectivity index (χ4n) is 2.37. The van der Waals surface area contributed by atoms with E-state index in [1.165, 1.54) is 12.1 Å². The minimum Gasteiger partial charge on any atom is -0.465 e. The minimum absolute atomic E-state index is 0.0381. The molecule has 0 bridgehead atoms. The molecule has 2 rings (SSSR count). The van der Waals surface area contributed by atoms with E-state index >= 15 is 0 Å². The molecule has 2 unspecified atom stereocenters. The van der Waals surface area contributed by atoms with Crippen molar-refractivity contribution in [3.63, 3.8) is 0 Å². The standard InChI is InChI=1S/C12H13F2NO3/c13-9-1-7(2-10(14)3-9)12(4-8(12)5-16)6-15-11(17)18/h1-3,8,15-16H,4-6H2,(H,17,18). The van der Waals surface area contributed by atoms with E-state index in [1.807, 2.05) is 0 Å². The molecule has 0 aromatic heterocycles. The van der Waals surface area contributed by atoms with Crippen molar-refractivity contribution in [2.75, 3.05) is 13.2 Å². The van der Waals surface area contributed by atoms with Crippen molar-refractivity contribution < 1.29 is 23.8 Å². The van der Waals surface area contributed by atoms with Gasteiger partial charge in [-0.1, -0.05) is 0 Å². The van der Waals surface area contributed by atoms with Crippen LogP contribution in [0.1, 0.15) is 12.0 Å². The lowest BCUT2D eigenvalue weighted by Gasteiger charge is -2.17. The molecule has 1 amide bonds. The topological polar surface area (TPSA) is 69.6 Å². The van der Waals surface area contributed by atoms with Crippen LogP contribution in [0.2, 0.25) is 0 Å². The summed E-state index contributed by atoms with van der Waals surface area (Å²) in [5.74, 6) is -1.59. The van der Waals surface area contributed by atoms with Crippen LogP contribution in [-0.2, 0) is 5.41 Å². The van der Waals surface area contributed by atoms with Crippen molar-refractivity contribution in [1.82, 2.24) is 5.32 Å². The van der Waals surface area contributed by atoms with Crippen LogP contribution in [0.15, 0.2) is 18.2 Å². The van der Waals surface area contributed by atoms with Gasteiger partial charge < -0.3 is 15.5 Å². The lowest BCUT2D eigenvalue weighted by Crippen LogP contribution is -2.33. The van der Waals surface area contributed by atoms with Gasteiger partial charge in [0.1, 0.15) is 11.6 Å². The van der Waals surface area contributed by atoms with E-state index < -0.39 is 23.1 Å². The molecular weight excluding hydrogens is 244 g/mol. The first-order valence-corrected chi connectivity index (χ1v) is 5.52. The van der Waals surface area contributed by atoms with E-state index in [0.29, 0.717) is 12.0 Å². The Hall–Kier alpha value is -1.69. The van der Waals surface area contributed by atoms with E-state index in [9.17, 15) is 13.6 Å². The van der Waals surface area contributed by atoms with Crippen LogP contribution in [0.5, 0.6) is 0 Å². The Balaban J connectivity index is 2.27. The predicted molar refractivity (Wildman–Crippen MR) is 59.3 cm³/mol. The van der Waals surface area contributed by atoms with Crippen LogP contribution >= 0.6 is 0 Å². The van der Waals surface area contributed by atoms with Crippen LogP contribution < -0.4 is 5.32 Å². The number of carbonyl (C=O) groups is 1. The Kier molecular flexibility index (Phi) is 3.21. The molecule has 3 N–H and O–H groups in total. The summed E-state index contributed by atoms with van der Waals surface area (Å²) in [4.78, 5) is 10.5. The van der Waals surface area contributed by atoms with Crippen molar-refractivity contribution >= 4 is 6.09 Å². The highest BCUT2D eigenvalue weighted by molar-refractivity contribution is 5.64. The van der Waals surface area contributed by atoms with E-state index in [-0.39, 0.29) is 19.1 Å². The Labute approximate surface area is 102 Å². The Morgan fingerprint density at radius 3 is 2.44 bits per heavy atom. The summed E-state index contributed by atoms with van der Waals surface area (Å²) in [7, 11) is 0. The second-order valence-corrected chi connectivity index (χ2v) is 4.56. The summed E-state index contributed by atoms with van der Waals surface area (Å²) >= 11 is 0. The molecule has 18 heavy (non-hydrogen) atoms. The Morgan fingerprint density at radius 2 is 2.00 bits per heavy atom. The number of rotatable bonds is 4. The molecule has 4 nitrogen and oxygen atoms in total. The Morgan fingerprint density at radius 1 is 1.39 bits per heavy atom. The average molecular weight is 257 g/mol. The van der Waals surface area contributed by atoms with E-state index in [1.54, 1.807) is 0 Å². The summed E-state index contributed by atoms with van der Waals surface area (Å²) < 4.78 is 26.4. The smallest absolute Gasteiger partial charge is 0.404 e. The number of aliphatic hydroxyl groups excluding tert-OH is 1. The largest absolute Gasteiger partial charge is 0.465 e. The molecule has 1 aromatic carbocycles. The van der Waals surface area contributed by atoms with Crippen molar-refractivity contribution in [3.05, 3.63) is 35.4 Å². The summed E-state index contributed by atoms with van der Waals surface area (Å²) in [6, 6.07) is 3.13. The maximum absolute atomic E-state index is 13.2. The van der Waals surface area contributed by atoms with Gasteiger partial charge in [-0.15, -0.1) is 0 Å². The Bertz CT molecular complexity index is 460. The van der Waals surface area contributed by atoms with Gasteiger partial charge in [0.2, 0.25) is 0 Å². The van der Waals surface area contributed by atoms with E-state index in [4.69, 9.17) is 10.2 Å². The highest BCUT2D eigenvalue weighted by Crippen LogP contribution is 2.53. The number of amides is 1.